The van der Waals surface area contributed by atoms with Gasteiger partial charge in [0.05, 0.1) is 11.9 Å². The molecule has 0 aliphatic carbocycles. The van der Waals surface area contributed by atoms with Gasteiger partial charge in [-0.05, 0) is 31.4 Å². The van der Waals surface area contributed by atoms with E-state index in [4.69, 9.17) is 16.3 Å². The molecule has 0 radical (unpaired) electrons. The third-order valence-electron chi connectivity index (χ3n) is 3.91. The van der Waals surface area contributed by atoms with Crippen molar-refractivity contribution in [2.24, 2.45) is 0 Å². The number of ether oxygens (including phenoxy) is 1. The monoisotopic (exact) mass is 317 g/mol. The van der Waals surface area contributed by atoms with E-state index in [1.54, 1.807) is 12.4 Å². The topological polar surface area (TPSA) is 38.2 Å². The first-order valence-corrected chi connectivity index (χ1v) is 7.99. The Kier molecular flexibility index (Phi) is 4.90. The van der Waals surface area contributed by atoms with Crippen LogP contribution in [-0.4, -0.2) is 34.1 Å². The molecule has 1 saturated heterocycles. The molecule has 1 aromatic carbocycles. The molecule has 116 valence electrons. The van der Waals surface area contributed by atoms with Gasteiger partial charge in [0.2, 0.25) is 5.88 Å². The number of hydrogen-bond acceptors (Lipinski definition) is 4. The third kappa shape index (κ3) is 3.96. The number of hydrogen-bond donors (Lipinski definition) is 0. The molecule has 1 aliphatic heterocycles. The zero-order valence-electron chi connectivity index (χ0n) is 12.7. The summed E-state index contributed by atoms with van der Waals surface area (Å²) in [6, 6.07) is 8.04. The smallest absolute Gasteiger partial charge is 0.232 e. The molecular formula is C17H20ClN3O. The molecule has 0 unspecified atom stereocenters. The zero-order valence-corrected chi connectivity index (χ0v) is 13.5. The highest BCUT2D eigenvalue weighted by atomic mass is 35.5. The standard InChI is InChI=1S/C17H20ClN3O/c1-13-10-19-11-17(20-13)22-15-6-8-21(9-7-15)12-14-4-2-3-5-16(14)18/h2-5,10-11,15H,6-9,12H2,1H3. The molecule has 0 atom stereocenters. The van der Waals surface area contributed by atoms with Crippen LogP contribution in [0.1, 0.15) is 24.1 Å². The summed E-state index contributed by atoms with van der Waals surface area (Å²) < 4.78 is 5.93. The molecule has 1 aromatic heterocycles. The van der Waals surface area contributed by atoms with E-state index in [1.165, 1.54) is 5.56 Å². The van der Waals surface area contributed by atoms with Crippen molar-refractivity contribution in [3.05, 3.63) is 52.9 Å². The molecule has 2 heterocycles. The summed E-state index contributed by atoms with van der Waals surface area (Å²) in [6.45, 7) is 4.84. The molecular weight excluding hydrogens is 298 g/mol. The van der Waals surface area contributed by atoms with Gasteiger partial charge in [0.25, 0.3) is 0 Å². The molecule has 0 N–H and O–H groups in total. The Morgan fingerprint density at radius 2 is 2.00 bits per heavy atom. The van der Waals surface area contributed by atoms with Gasteiger partial charge in [0, 0.05) is 30.9 Å². The maximum absolute atomic E-state index is 6.23. The van der Waals surface area contributed by atoms with Gasteiger partial charge in [-0.2, -0.15) is 0 Å². The molecule has 1 fully saturated rings. The predicted octanol–water partition coefficient (Wildman–Crippen LogP) is 3.48. The van der Waals surface area contributed by atoms with Crippen molar-refractivity contribution in [3.8, 4) is 5.88 Å². The number of rotatable bonds is 4. The largest absolute Gasteiger partial charge is 0.473 e. The van der Waals surface area contributed by atoms with E-state index >= 15 is 0 Å². The molecule has 0 amide bonds. The van der Waals surface area contributed by atoms with Gasteiger partial charge in [-0.25, -0.2) is 4.98 Å². The number of likely N-dealkylation sites (tertiary alicyclic amines) is 1. The zero-order chi connectivity index (χ0) is 15.4. The van der Waals surface area contributed by atoms with Crippen molar-refractivity contribution >= 4 is 11.6 Å². The van der Waals surface area contributed by atoms with Crippen LogP contribution in [0, 0.1) is 6.92 Å². The summed E-state index contributed by atoms with van der Waals surface area (Å²) in [6.07, 6.45) is 5.64. The number of nitrogens with zero attached hydrogens (tertiary/aromatic N) is 3. The first kappa shape index (κ1) is 15.3. The van der Waals surface area contributed by atoms with Crippen LogP contribution in [0.25, 0.3) is 0 Å². The Labute approximate surface area is 136 Å². The fraction of sp³-hybridized carbons (Fsp3) is 0.412. The first-order valence-electron chi connectivity index (χ1n) is 7.62. The summed E-state index contributed by atoms with van der Waals surface area (Å²) in [7, 11) is 0. The molecule has 0 bridgehead atoms. The van der Waals surface area contributed by atoms with Crippen molar-refractivity contribution in [1.82, 2.24) is 14.9 Å². The van der Waals surface area contributed by atoms with Crippen LogP contribution < -0.4 is 4.74 Å². The molecule has 1 aliphatic rings. The van der Waals surface area contributed by atoms with Crippen LogP contribution in [0.2, 0.25) is 5.02 Å². The minimum atomic E-state index is 0.221. The Bertz CT molecular complexity index is 627. The SMILES string of the molecule is Cc1cncc(OC2CCN(Cc3ccccc3Cl)CC2)n1. The normalized spacial score (nSPS) is 16.6. The van der Waals surface area contributed by atoms with Crippen LogP contribution >= 0.6 is 11.6 Å². The highest BCUT2D eigenvalue weighted by Crippen LogP contribution is 2.21. The van der Waals surface area contributed by atoms with E-state index in [9.17, 15) is 0 Å². The van der Waals surface area contributed by atoms with Crippen LogP contribution in [0.5, 0.6) is 5.88 Å². The molecule has 2 aromatic rings. The van der Waals surface area contributed by atoms with Crippen LogP contribution in [0.15, 0.2) is 36.7 Å². The Morgan fingerprint density at radius 3 is 2.73 bits per heavy atom. The number of halogens is 1. The van der Waals surface area contributed by atoms with E-state index in [2.05, 4.69) is 20.9 Å². The lowest BCUT2D eigenvalue weighted by Gasteiger charge is -2.32. The second kappa shape index (κ2) is 7.07. The van der Waals surface area contributed by atoms with Crippen molar-refractivity contribution in [2.45, 2.75) is 32.4 Å². The minimum Gasteiger partial charge on any atom is -0.473 e. The van der Waals surface area contributed by atoms with Crippen molar-refractivity contribution < 1.29 is 4.74 Å². The van der Waals surface area contributed by atoms with E-state index in [0.29, 0.717) is 5.88 Å². The summed E-state index contributed by atoms with van der Waals surface area (Å²) in [5.74, 6) is 0.629. The van der Waals surface area contributed by atoms with E-state index in [-0.39, 0.29) is 6.10 Å². The lowest BCUT2D eigenvalue weighted by atomic mass is 10.1. The van der Waals surface area contributed by atoms with Gasteiger partial charge >= 0.3 is 0 Å². The average molecular weight is 318 g/mol. The summed E-state index contributed by atoms with van der Waals surface area (Å²) in [5, 5.41) is 0.843. The highest BCUT2D eigenvalue weighted by molar-refractivity contribution is 6.31. The second-order valence-electron chi connectivity index (χ2n) is 5.68. The molecule has 4 nitrogen and oxygen atoms in total. The van der Waals surface area contributed by atoms with Gasteiger partial charge in [0.15, 0.2) is 0 Å². The number of benzene rings is 1. The number of piperidine rings is 1. The lowest BCUT2D eigenvalue weighted by Crippen LogP contribution is -2.38. The van der Waals surface area contributed by atoms with Crippen molar-refractivity contribution in [1.29, 1.82) is 0 Å². The molecule has 5 heteroatoms. The maximum atomic E-state index is 6.23. The first-order chi connectivity index (χ1) is 10.7. The number of aromatic nitrogens is 2. The van der Waals surface area contributed by atoms with Gasteiger partial charge in [-0.15, -0.1) is 0 Å². The van der Waals surface area contributed by atoms with Crippen molar-refractivity contribution in [2.75, 3.05) is 13.1 Å². The minimum absolute atomic E-state index is 0.221. The van der Waals surface area contributed by atoms with Gasteiger partial charge in [-0.3, -0.25) is 9.88 Å². The molecule has 22 heavy (non-hydrogen) atoms. The fourth-order valence-electron chi connectivity index (χ4n) is 2.72. The van der Waals surface area contributed by atoms with Crippen LogP contribution in [0.4, 0.5) is 0 Å². The maximum Gasteiger partial charge on any atom is 0.232 e. The molecule has 3 rings (SSSR count). The van der Waals surface area contributed by atoms with Crippen molar-refractivity contribution in [3.63, 3.8) is 0 Å². The van der Waals surface area contributed by atoms with E-state index < -0.39 is 0 Å². The fourth-order valence-corrected chi connectivity index (χ4v) is 2.92. The highest BCUT2D eigenvalue weighted by Gasteiger charge is 2.21. The van der Waals surface area contributed by atoms with Crippen LogP contribution in [-0.2, 0) is 6.54 Å². The Balaban J connectivity index is 1.51. The van der Waals surface area contributed by atoms with E-state index in [0.717, 1.165) is 43.2 Å². The quantitative estimate of drug-likeness (QED) is 0.865. The summed E-state index contributed by atoms with van der Waals surface area (Å²) in [4.78, 5) is 10.9. The predicted molar refractivity (Wildman–Crippen MR) is 87.1 cm³/mol. The molecule has 0 saturated carbocycles. The van der Waals surface area contributed by atoms with E-state index in [1.807, 2.05) is 25.1 Å². The lowest BCUT2D eigenvalue weighted by molar-refractivity contribution is 0.0928. The van der Waals surface area contributed by atoms with Gasteiger partial charge < -0.3 is 4.74 Å². The summed E-state index contributed by atoms with van der Waals surface area (Å²) >= 11 is 6.23. The number of aryl methyl sites for hydroxylation is 1. The average Bonchev–Trinajstić information content (AvgIpc) is 2.52. The summed E-state index contributed by atoms with van der Waals surface area (Å²) in [5.41, 5.74) is 2.07. The Hall–Kier alpha value is -1.65. The third-order valence-corrected chi connectivity index (χ3v) is 4.28. The van der Waals surface area contributed by atoms with Crippen LogP contribution in [0.3, 0.4) is 0 Å². The molecule has 0 spiro atoms. The van der Waals surface area contributed by atoms with Gasteiger partial charge in [0.1, 0.15) is 6.10 Å². The second-order valence-corrected chi connectivity index (χ2v) is 6.09. The Morgan fingerprint density at radius 1 is 1.23 bits per heavy atom. The van der Waals surface area contributed by atoms with Gasteiger partial charge in [-0.1, -0.05) is 29.8 Å².